The highest BCUT2D eigenvalue weighted by molar-refractivity contribution is 8.14. The summed E-state index contributed by atoms with van der Waals surface area (Å²) in [5.41, 5.74) is 0. The summed E-state index contributed by atoms with van der Waals surface area (Å²) in [4.78, 5) is 47.4. The van der Waals surface area contributed by atoms with Crippen molar-refractivity contribution in [1.29, 1.82) is 0 Å². The van der Waals surface area contributed by atoms with E-state index in [1.54, 1.807) is 0 Å². The maximum Gasteiger partial charge on any atom is 0.288 e. The minimum absolute atomic E-state index is 0.0749. The van der Waals surface area contributed by atoms with Crippen LogP contribution in [0.2, 0.25) is 0 Å². The van der Waals surface area contributed by atoms with Gasteiger partial charge in [0.2, 0.25) is 17.7 Å². The van der Waals surface area contributed by atoms with Crippen LogP contribution >= 0.6 is 11.8 Å². The lowest BCUT2D eigenvalue weighted by Crippen LogP contribution is -2.37. The van der Waals surface area contributed by atoms with Crippen molar-refractivity contribution in [3.63, 3.8) is 0 Å². The highest BCUT2D eigenvalue weighted by atomic mass is 32.2. The van der Waals surface area contributed by atoms with Crippen LogP contribution in [-0.4, -0.2) is 52.7 Å². The lowest BCUT2D eigenvalue weighted by Gasteiger charge is -2.13. The summed E-state index contributed by atoms with van der Waals surface area (Å²) in [6.45, 7) is 0.499. The number of unbranched alkanes of at least 4 members (excludes halogenated alkanes) is 1. The van der Waals surface area contributed by atoms with Gasteiger partial charge in [0.05, 0.1) is 5.75 Å². The van der Waals surface area contributed by atoms with E-state index in [9.17, 15) is 19.2 Å². The number of imide groups is 1. The molecule has 0 aromatic carbocycles. The van der Waals surface area contributed by atoms with Crippen LogP contribution in [0.1, 0.15) is 51.4 Å². The Kier molecular flexibility index (Phi) is 7.55. The van der Waals surface area contributed by atoms with Crippen molar-refractivity contribution in [2.75, 3.05) is 18.8 Å². The molecule has 1 saturated heterocycles. The van der Waals surface area contributed by atoms with Gasteiger partial charge < -0.3 is 10.6 Å². The lowest BCUT2D eigenvalue weighted by atomic mass is 10.1. The maximum atomic E-state index is 11.7. The fraction of sp³-hybridized carbons (Fsp3) is 0.750. The maximum absolute atomic E-state index is 11.7. The molecule has 24 heavy (non-hydrogen) atoms. The second-order valence-electron chi connectivity index (χ2n) is 6.21. The van der Waals surface area contributed by atoms with Crippen LogP contribution in [0.3, 0.4) is 0 Å². The number of hydrogen-bond acceptors (Lipinski definition) is 5. The molecule has 1 aliphatic carbocycles. The molecular formula is C16H25N3O4S. The molecule has 0 bridgehead atoms. The molecule has 8 heteroatoms. The fourth-order valence-corrected chi connectivity index (χ4v) is 3.69. The second kappa shape index (κ2) is 9.66. The number of nitrogens with zero attached hydrogens (tertiary/aromatic N) is 1. The minimum Gasteiger partial charge on any atom is -0.354 e. The smallest absolute Gasteiger partial charge is 0.288 e. The van der Waals surface area contributed by atoms with Crippen molar-refractivity contribution in [3.05, 3.63) is 0 Å². The first-order chi connectivity index (χ1) is 11.6. The summed E-state index contributed by atoms with van der Waals surface area (Å²) in [5, 5.41) is 5.48. The summed E-state index contributed by atoms with van der Waals surface area (Å²) in [6.07, 6.45) is 6.69. The number of nitrogens with one attached hydrogen (secondary N) is 2. The lowest BCUT2D eigenvalue weighted by molar-refractivity contribution is -0.125. The van der Waals surface area contributed by atoms with E-state index in [1.807, 2.05) is 0 Å². The third-order valence-electron chi connectivity index (χ3n) is 4.28. The van der Waals surface area contributed by atoms with Crippen molar-refractivity contribution < 1.29 is 19.2 Å². The Morgan fingerprint density at radius 3 is 2.38 bits per heavy atom. The number of thioether (sulfide) groups is 1. The molecule has 2 N–H and O–H groups in total. The zero-order valence-electron chi connectivity index (χ0n) is 13.8. The molecule has 0 aromatic heterocycles. The van der Waals surface area contributed by atoms with Crippen LogP contribution in [0, 0.1) is 0 Å². The fourth-order valence-electron chi connectivity index (χ4n) is 2.93. The summed E-state index contributed by atoms with van der Waals surface area (Å²) >= 11 is 0.990. The van der Waals surface area contributed by atoms with Crippen molar-refractivity contribution in [2.24, 2.45) is 0 Å². The third-order valence-corrected chi connectivity index (χ3v) is 5.13. The van der Waals surface area contributed by atoms with Crippen LogP contribution in [0.4, 0.5) is 4.79 Å². The monoisotopic (exact) mass is 355 g/mol. The number of carbonyl (C=O) groups is 4. The van der Waals surface area contributed by atoms with E-state index in [2.05, 4.69) is 10.6 Å². The number of hydrogen-bond donors (Lipinski definition) is 2. The molecule has 4 amide bonds. The molecule has 2 fully saturated rings. The van der Waals surface area contributed by atoms with Crippen molar-refractivity contribution in [3.8, 4) is 0 Å². The van der Waals surface area contributed by atoms with E-state index < -0.39 is 0 Å². The first-order valence-electron chi connectivity index (χ1n) is 8.59. The van der Waals surface area contributed by atoms with Gasteiger partial charge in [-0.1, -0.05) is 24.6 Å². The normalized spacial score (nSPS) is 18.2. The molecular weight excluding hydrogens is 330 g/mol. The average molecular weight is 355 g/mol. The van der Waals surface area contributed by atoms with E-state index in [4.69, 9.17) is 0 Å². The van der Waals surface area contributed by atoms with E-state index >= 15 is 0 Å². The van der Waals surface area contributed by atoms with Gasteiger partial charge in [0.1, 0.15) is 0 Å². The number of rotatable bonds is 9. The van der Waals surface area contributed by atoms with Crippen molar-refractivity contribution in [2.45, 2.75) is 57.4 Å². The Balaban J connectivity index is 1.48. The van der Waals surface area contributed by atoms with Gasteiger partial charge in [-0.25, -0.2) is 0 Å². The number of amides is 4. The van der Waals surface area contributed by atoms with Crippen LogP contribution in [0.15, 0.2) is 0 Å². The van der Waals surface area contributed by atoms with Crippen LogP contribution in [-0.2, 0) is 14.4 Å². The first-order valence-corrected chi connectivity index (χ1v) is 9.58. The molecule has 0 atom stereocenters. The molecule has 1 saturated carbocycles. The van der Waals surface area contributed by atoms with Crippen LogP contribution < -0.4 is 10.6 Å². The predicted molar refractivity (Wildman–Crippen MR) is 91.4 cm³/mol. The largest absolute Gasteiger partial charge is 0.354 e. The second-order valence-corrected chi connectivity index (χ2v) is 7.13. The molecule has 0 unspecified atom stereocenters. The Labute approximate surface area is 146 Å². The number of carbonyl (C=O) groups excluding carboxylic acids is 4. The highest BCUT2D eigenvalue weighted by Crippen LogP contribution is 2.18. The summed E-state index contributed by atoms with van der Waals surface area (Å²) in [7, 11) is 0. The van der Waals surface area contributed by atoms with Gasteiger partial charge in [-0.2, -0.15) is 0 Å². The minimum atomic E-state index is -0.248. The third kappa shape index (κ3) is 6.14. The topological polar surface area (TPSA) is 95.6 Å². The van der Waals surface area contributed by atoms with Gasteiger partial charge in [0.15, 0.2) is 0 Å². The molecule has 0 radical (unpaired) electrons. The van der Waals surface area contributed by atoms with E-state index in [0.717, 1.165) is 29.5 Å². The molecule has 7 nitrogen and oxygen atoms in total. The molecule has 1 aliphatic heterocycles. The quantitative estimate of drug-likeness (QED) is 0.610. The molecule has 0 aromatic rings. The van der Waals surface area contributed by atoms with E-state index in [1.165, 1.54) is 12.8 Å². The van der Waals surface area contributed by atoms with Gasteiger partial charge in [-0.3, -0.25) is 24.1 Å². The molecule has 0 spiro atoms. The summed E-state index contributed by atoms with van der Waals surface area (Å²) < 4.78 is 0. The zero-order valence-corrected chi connectivity index (χ0v) is 14.7. The predicted octanol–water partition coefficient (Wildman–Crippen LogP) is 1.42. The summed E-state index contributed by atoms with van der Waals surface area (Å²) in [5.74, 6) is -0.0493. The van der Waals surface area contributed by atoms with Crippen LogP contribution in [0.25, 0.3) is 0 Å². The Bertz CT molecular complexity index is 476. The van der Waals surface area contributed by atoms with Gasteiger partial charge in [0.25, 0.3) is 5.24 Å². The molecule has 134 valence electrons. The zero-order chi connectivity index (χ0) is 17.4. The van der Waals surface area contributed by atoms with Gasteiger partial charge in [-0.15, -0.1) is 0 Å². The molecule has 2 aliphatic rings. The van der Waals surface area contributed by atoms with E-state index in [0.29, 0.717) is 31.7 Å². The highest BCUT2D eigenvalue weighted by Gasteiger charge is 2.29. The van der Waals surface area contributed by atoms with Crippen molar-refractivity contribution >= 4 is 34.7 Å². The van der Waals surface area contributed by atoms with Crippen molar-refractivity contribution in [1.82, 2.24) is 15.5 Å². The van der Waals surface area contributed by atoms with Crippen LogP contribution in [0.5, 0.6) is 0 Å². The Hall–Kier alpha value is -1.57. The molecule has 2 rings (SSSR count). The van der Waals surface area contributed by atoms with Gasteiger partial charge in [0, 0.05) is 32.0 Å². The van der Waals surface area contributed by atoms with Gasteiger partial charge in [-0.05, 0) is 25.7 Å². The average Bonchev–Trinajstić information content (AvgIpc) is 3.16. The standard InChI is InChI=1S/C16H25N3O4S/c20-13(17-9-10-19-15(22)11-24-16(19)23)7-3-4-8-14(21)18-12-5-1-2-6-12/h12H,1-11H2,(H,17,20)(H,18,21). The van der Waals surface area contributed by atoms with Gasteiger partial charge >= 0.3 is 0 Å². The first kappa shape index (κ1) is 18.8. The molecule has 1 heterocycles. The Morgan fingerprint density at radius 1 is 1.08 bits per heavy atom. The summed E-state index contributed by atoms with van der Waals surface area (Å²) in [6, 6.07) is 0.343. The van der Waals surface area contributed by atoms with E-state index in [-0.39, 0.29) is 41.8 Å². The Morgan fingerprint density at radius 2 is 1.75 bits per heavy atom. The SMILES string of the molecule is O=C(CCCCC(=O)NC1CCCC1)NCCN1C(=O)CSC1=O.